The predicted octanol–water partition coefficient (Wildman–Crippen LogP) is 2.21. The van der Waals surface area contributed by atoms with E-state index in [1.165, 1.54) is 0 Å². The highest BCUT2D eigenvalue weighted by Gasteiger charge is 2.07. The summed E-state index contributed by atoms with van der Waals surface area (Å²) in [4.78, 5) is 11.7. The Morgan fingerprint density at radius 2 is 1.75 bits per heavy atom. The Morgan fingerprint density at radius 1 is 1.19 bits per heavy atom. The van der Waals surface area contributed by atoms with Gasteiger partial charge in [0.15, 0.2) is 0 Å². The van der Waals surface area contributed by atoms with Gasteiger partial charge in [-0.2, -0.15) is 0 Å². The van der Waals surface area contributed by atoms with Gasteiger partial charge in [0.05, 0.1) is 0 Å². The summed E-state index contributed by atoms with van der Waals surface area (Å²) in [5.41, 5.74) is 3.46. The van der Waals surface area contributed by atoms with Gasteiger partial charge in [0.25, 0.3) is 5.91 Å². The molecule has 0 saturated heterocycles. The Labute approximate surface area is 97.8 Å². The van der Waals surface area contributed by atoms with E-state index in [4.69, 9.17) is 0 Å². The molecule has 3 heteroatoms. The number of carbonyl (C=O) groups excluding carboxylic acids is 1. The van der Waals surface area contributed by atoms with Gasteiger partial charge in [-0.25, -0.2) is 5.01 Å². The summed E-state index contributed by atoms with van der Waals surface area (Å²) in [6.45, 7) is 13.8. The molecule has 0 saturated carbocycles. The van der Waals surface area contributed by atoms with Gasteiger partial charge in [0.1, 0.15) is 0 Å². The van der Waals surface area contributed by atoms with Crippen molar-refractivity contribution < 1.29 is 4.79 Å². The number of rotatable bonds is 8. The first kappa shape index (κ1) is 14.4. The van der Waals surface area contributed by atoms with Crippen molar-refractivity contribution in [1.82, 2.24) is 10.4 Å². The molecule has 0 fully saturated rings. The van der Waals surface area contributed by atoms with Crippen molar-refractivity contribution in [2.45, 2.75) is 13.3 Å². The molecule has 1 N–H and O–H groups in total. The summed E-state index contributed by atoms with van der Waals surface area (Å²) >= 11 is 0. The number of hydrogen-bond acceptors (Lipinski definition) is 2. The van der Waals surface area contributed by atoms with Gasteiger partial charge in [0, 0.05) is 18.7 Å². The van der Waals surface area contributed by atoms with Gasteiger partial charge in [-0.05, 0) is 13.3 Å². The summed E-state index contributed by atoms with van der Waals surface area (Å²) in [7, 11) is 0. The number of nitrogens with zero attached hydrogens (tertiary/aromatic N) is 1. The number of amides is 1. The van der Waals surface area contributed by atoms with Crippen LogP contribution in [-0.4, -0.2) is 24.0 Å². The Kier molecular flexibility index (Phi) is 7.81. The molecular formula is C13H20N2O. The quantitative estimate of drug-likeness (QED) is 0.386. The van der Waals surface area contributed by atoms with Crippen LogP contribution in [0.4, 0.5) is 0 Å². The van der Waals surface area contributed by atoms with E-state index in [1.807, 2.05) is 6.08 Å². The molecule has 88 valence electrons. The maximum atomic E-state index is 11.7. The number of allylic oxidation sites excluding steroid dienone is 2. The Bertz CT molecular complexity index is 282. The van der Waals surface area contributed by atoms with Gasteiger partial charge < -0.3 is 0 Å². The molecule has 0 unspecified atom stereocenters. The van der Waals surface area contributed by atoms with E-state index >= 15 is 0 Å². The normalized spacial score (nSPS) is 11.0. The zero-order chi connectivity index (χ0) is 12.4. The number of carbonyl (C=O) groups is 1. The number of hydrogen-bond donors (Lipinski definition) is 1. The minimum Gasteiger partial charge on any atom is -0.284 e. The van der Waals surface area contributed by atoms with E-state index < -0.39 is 0 Å². The van der Waals surface area contributed by atoms with E-state index in [1.54, 1.807) is 30.2 Å². The Morgan fingerprint density at radius 3 is 2.19 bits per heavy atom. The predicted molar refractivity (Wildman–Crippen MR) is 68.7 cm³/mol. The highest BCUT2D eigenvalue weighted by molar-refractivity contribution is 5.92. The second kappa shape index (κ2) is 8.68. The van der Waals surface area contributed by atoms with E-state index in [2.05, 4.69) is 25.2 Å². The zero-order valence-corrected chi connectivity index (χ0v) is 9.91. The lowest BCUT2D eigenvalue weighted by Gasteiger charge is -2.19. The fraction of sp³-hybridized carbons (Fsp3) is 0.308. The van der Waals surface area contributed by atoms with Crippen LogP contribution < -0.4 is 5.43 Å². The molecule has 3 nitrogen and oxygen atoms in total. The van der Waals surface area contributed by atoms with Crippen LogP contribution in [0.5, 0.6) is 0 Å². The molecule has 0 aromatic rings. The van der Waals surface area contributed by atoms with E-state index in [0.717, 1.165) is 0 Å². The molecule has 0 aliphatic heterocycles. The van der Waals surface area contributed by atoms with Gasteiger partial charge in [-0.3, -0.25) is 10.2 Å². The molecule has 0 aromatic heterocycles. The first-order chi connectivity index (χ1) is 7.65. The molecular weight excluding hydrogens is 200 g/mol. The topological polar surface area (TPSA) is 32.3 Å². The first-order valence-corrected chi connectivity index (χ1v) is 5.21. The lowest BCUT2D eigenvalue weighted by atomic mass is 10.2. The average molecular weight is 220 g/mol. The van der Waals surface area contributed by atoms with Crippen LogP contribution in [0, 0.1) is 0 Å². The molecule has 0 rings (SSSR count). The molecule has 0 radical (unpaired) electrons. The zero-order valence-electron chi connectivity index (χ0n) is 9.91. The summed E-state index contributed by atoms with van der Waals surface area (Å²) in [5, 5.41) is 1.74. The standard InChI is InChI=1S/C13H20N2O/c1-5-8-9-12(4)13(16)14-15(10-6-2)11-7-3/h5-7,9H,1-3,8,10-11H2,4H3,(H,14,16). The number of nitrogens with one attached hydrogen (secondary N) is 1. The summed E-state index contributed by atoms with van der Waals surface area (Å²) in [6, 6.07) is 0. The van der Waals surface area contributed by atoms with Crippen LogP contribution in [-0.2, 0) is 4.79 Å². The minimum absolute atomic E-state index is 0.106. The average Bonchev–Trinajstić information content (AvgIpc) is 2.26. The van der Waals surface area contributed by atoms with E-state index in [9.17, 15) is 4.79 Å². The monoisotopic (exact) mass is 220 g/mol. The minimum atomic E-state index is -0.106. The molecule has 0 aliphatic carbocycles. The lowest BCUT2D eigenvalue weighted by Crippen LogP contribution is -2.42. The highest BCUT2D eigenvalue weighted by Crippen LogP contribution is 1.97. The van der Waals surface area contributed by atoms with Crippen LogP contribution in [0.15, 0.2) is 49.6 Å². The van der Waals surface area contributed by atoms with Crippen molar-refractivity contribution in [2.24, 2.45) is 0 Å². The molecule has 16 heavy (non-hydrogen) atoms. The van der Waals surface area contributed by atoms with E-state index in [0.29, 0.717) is 25.1 Å². The molecule has 0 aromatic carbocycles. The van der Waals surface area contributed by atoms with Crippen LogP contribution in [0.2, 0.25) is 0 Å². The molecule has 1 amide bonds. The van der Waals surface area contributed by atoms with Crippen LogP contribution in [0.1, 0.15) is 13.3 Å². The summed E-state index contributed by atoms with van der Waals surface area (Å²) in [6.07, 6.45) is 7.74. The molecule has 0 atom stereocenters. The van der Waals surface area contributed by atoms with Crippen LogP contribution >= 0.6 is 0 Å². The fourth-order valence-electron chi connectivity index (χ4n) is 1.06. The van der Waals surface area contributed by atoms with Crippen molar-refractivity contribution in [1.29, 1.82) is 0 Å². The lowest BCUT2D eigenvalue weighted by molar-refractivity contribution is -0.121. The van der Waals surface area contributed by atoms with Crippen molar-refractivity contribution >= 4 is 5.91 Å². The number of hydrazine groups is 1. The third-order valence-electron chi connectivity index (χ3n) is 1.91. The maximum absolute atomic E-state index is 11.7. The second-order valence-electron chi connectivity index (χ2n) is 3.33. The van der Waals surface area contributed by atoms with Crippen LogP contribution in [0.3, 0.4) is 0 Å². The summed E-state index contributed by atoms with van der Waals surface area (Å²) < 4.78 is 0. The van der Waals surface area contributed by atoms with Crippen LogP contribution in [0.25, 0.3) is 0 Å². The molecule has 0 spiro atoms. The van der Waals surface area contributed by atoms with Crippen molar-refractivity contribution in [3.63, 3.8) is 0 Å². The van der Waals surface area contributed by atoms with Gasteiger partial charge in [-0.15, -0.1) is 19.7 Å². The van der Waals surface area contributed by atoms with Gasteiger partial charge >= 0.3 is 0 Å². The second-order valence-corrected chi connectivity index (χ2v) is 3.33. The molecule has 0 heterocycles. The largest absolute Gasteiger partial charge is 0.284 e. The van der Waals surface area contributed by atoms with Crippen molar-refractivity contribution in [2.75, 3.05) is 13.1 Å². The summed E-state index contributed by atoms with van der Waals surface area (Å²) in [5.74, 6) is -0.106. The van der Waals surface area contributed by atoms with Gasteiger partial charge in [0.2, 0.25) is 0 Å². The van der Waals surface area contributed by atoms with Crippen molar-refractivity contribution in [3.8, 4) is 0 Å². The van der Waals surface area contributed by atoms with Crippen molar-refractivity contribution in [3.05, 3.63) is 49.6 Å². The highest BCUT2D eigenvalue weighted by atomic mass is 16.2. The third-order valence-corrected chi connectivity index (χ3v) is 1.91. The van der Waals surface area contributed by atoms with E-state index in [-0.39, 0.29) is 5.91 Å². The van der Waals surface area contributed by atoms with Gasteiger partial charge in [-0.1, -0.05) is 24.3 Å². The Hall–Kier alpha value is -1.61. The molecule has 0 aliphatic rings. The fourth-order valence-corrected chi connectivity index (χ4v) is 1.06. The first-order valence-electron chi connectivity index (χ1n) is 5.21. The third kappa shape index (κ3) is 5.98. The SMILES string of the molecule is C=CCC=C(C)C(=O)NN(CC=C)CC=C. The molecule has 0 bridgehead atoms. The maximum Gasteiger partial charge on any atom is 0.260 e. The Balaban J connectivity index is 4.31. The smallest absolute Gasteiger partial charge is 0.260 e.